The third-order valence-corrected chi connectivity index (χ3v) is 5.68. The first-order valence-corrected chi connectivity index (χ1v) is 11.8. The minimum atomic E-state index is -5.08. The highest BCUT2D eigenvalue weighted by Crippen LogP contribution is 2.27. The molecule has 0 saturated carbocycles. The summed E-state index contributed by atoms with van der Waals surface area (Å²) in [6.45, 7) is 0.487. The van der Waals surface area contributed by atoms with Crippen LogP contribution >= 0.6 is 11.8 Å². The molecule has 0 saturated heterocycles. The lowest BCUT2D eigenvalue weighted by Gasteiger charge is -2.12. The van der Waals surface area contributed by atoms with Gasteiger partial charge in [-0.2, -0.15) is 18.3 Å². The number of carbonyl (C=O) groups is 2. The maximum atomic E-state index is 12.6. The van der Waals surface area contributed by atoms with E-state index in [2.05, 4.69) is 20.1 Å². The van der Waals surface area contributed by atoms with Crippen LogP contribution < -0.4 is 15.8 Å². The van der Waals surface area contributed by atoms with Gasteiger partial charge in [0.2, 0.25) is 0 Å². The van der Waals surface area contributed by atoms with Crippen molar-refractivity contribution in [3.8, 4) is 5.75 Å². The van der Waals surface area contributed by atoms with Crippen molar-refractivity contribution in [2.75, 3.05) is 12.3 Å². The number of aliphatic carboxylic acids is 1. The van der Waals surface area contributed by atoms with E-state index >= 15 is 0 Å². The second-order valence-electron chi connectivity index (χ2n) is 7.51. The van der Waals surface area contributed by atoms with Crippen LogP contribution in [0.4, 0.5) is 26.3 Å². The molecular formula is C23H19F6N5O4S. The van der Waals surface area contributed by atoms with Crippen molar-refractivity contribution in [1.29, 1.82) is 0 Å². The van der Waals surface area contributed by atoms with Gasteiger partial charge in [0.15, 0.2) is 5.16 Å². The summed E-state index contributed by atoms with van der Waals surface area (Å²) in [6.07, 6.45) is -9.98. The number of hydrogen-bond donors (Lipinski definition) is 3. The standard InChI is InChI=1S/C21H18F3N5O2S.C2HF3O2/c22-21(23,24)31-18-8-4-2-6-15(18)19(30)26-12-13-11-17-14-5-1-3-7-16(14)27-20(29(17)28-13)32-10-9-25;3-2(4,5)1(6)7/h1-8,11H,9-10,12,25H2,(H,26,30);(H,6,7). The molecule has 4 aromatic rings. The zero-order valence-electron chi connectivity index (χ0n) is 19.6. The molecule has 0 bridgehead atoms. The number of ether oxygens (including phenoxy) is 1. The summed E-state index contributed by atoms with van der Waals surface area (Å²) in [4.78, 5) is 26.1. The van der Waals surface area contributed by atoms with Crippen LogP contribution in [0.1, 0.15) is 16.1 Å². The van der Waals surface area contributed by atoms with E-state index in [4.69, 9.17) is 15.6 Å². The zero-order valence-corrected chi connectivity index (χ0v) is 20.4. The Balaban J connectivity index is 0.000000532. The number of halogens is 6. The lowest BCUT2D eigenvalue weighted by atomic mass is 10.2. The average Bonchev–Trinajstić information content (AvgIpc) is 3.30. The highest BCUT2D eigenvalue weighted by molar-refractivity contribution is 7.99. The van der Waals surface area contributed by atoms with Gasteiger partial charge in [-0.25, -0.2) is 14.3 Å². The van der Waals surface area contributed by atoms with Crippen molar-refractivity contribution in [2.45, 2.75) is 24.2 Å². The van der Waals surface area contributed by atoms with E-state index in [1.54, 1.807) is 4.52 Å². The van der Waals surface area contributed by atoms with Crippen molar-refractivity contribution < 1.29 is 45.8 Å². The van der Waals surface area contributed by atoms with Crippen molar-refractivity contribution in [2.24, 2.45) is 5.73 Å². The topological polar surface area (TPSA) is 132 Å². The van der Waals surface area contributed by atoms with Gasteiger partial charge in [0.05, 0.1) is 28.8 Å². The number of hydrogen-bond acceptors (Lipinski definition) is 7. The number of carboxylic acid groups (broad SMARTS) is 1. The molecule has 2 aromatic heterocycles. The second-order valence-corrected chi connectivity index (χ2v) is 8.57. The predicted octanol–water partition coefficient (Wildman–Crippen LogP) is 4.40. The Morgan fingerprint density at radius 3 is 2.33 bits per heavy atom. The monoisotopic (exact) mass is 575 g/mol. The van der Waals surface area contributed by atoms with Crippen LogP contribution in [0.3, 0.4) is 0 Å². The first-order valence-electron chi connectivity index (χ1n) is 10.8. The van der Waals surface area contributed by atoms with Gasteiger partial charge in [0, 0.05) is 17.7 Å². The zero-order chi connectivity index (χ0) is 28.8. The van der Waals surface area contributed by atoms with Crippen LogP contribution in [-0.4, -0.2) is 56.4 Å². The van der Waals surface area contributed by atoms with Crippen LogP contribution in [0.5, 0.6) is 5.75 Å². The minimum absolute atomic E-state index is 0.0101. The highest BCUT2D eigenvalue weighted by Gasteiger charge is 2.38. The largest absolute Gasteiger partial charge is 0.573 e. The Hall–Kier alpha value is -4.05. The van der Waals surface area contributed by atoms with E-state index < -0.39 is 30.2 Å². The smallest absolute Gasteiger partial charge is 0.475 e. The van der Waals surface area contributed by atoms with E-state index in [1.807, 2.05) is 30.3 Å². The van der Waals surface area contributed by atoms with Crippen LogP contribution in [0.25, 0.3) is 16.4 Å². The van der Waals surface area contributed by atoms with Gasteiger partial charge in [0.1, 0.15) is 5.75 Å². The number of alkyl halides is 6. The van der Waals surface area contributed by atoms with Gasteiger partial charge in [-0.3, -0.25) is 4.79 Å². The molecule has 208 valence electrons. The predicted molar refractivity (Wildman–Crippen MR) is 128 cm³/mol. The van der Waals surface area contributed by atoms with Gasteiger partial charge in [-0.15, -0.1) is 13.2 Å². The Morgan fingerprint density at radius 2 is 1.69 bits per heavy atom. The quantitative estimate of drug-likeness (QED) is 0.168. The maximum Gasteiger partial charge on any atom is 0.573 e. The molecule has 0 atom stereocenters. The molecule has 4 rings (SSSR count). The summed E-state index contributed by atoms with van der Waals surface area (Å²) in [7, 11) is 0. The molecule has 4 N–H and O–H groups in total. The van der Waals surface area contributed by atoms with Gasteiger partial charge in [0.25, 0.3) is 5.91 Å². The van der Waals surface area contributed by atoms with E-state index in [0.717, 1.165) is 22.5 Å². The normalized spacial score (nSPS) is 11.7. The SMILES string of the molecule is NCCSc1nc2ccccc2c2cc(CNC(=O)c3ccccc3OC(F)(F)F)nn12.O=C(O)C(F)(F)F. The third-order valence-electron chi connectivity index (χ3n) is 4.72. The van der Waals surface area contributed by atoms with E-state index in [0.29, 0.717) is 23.1 Å². The number of rotatable bonds is 7. The molecule has 39 heavy (non-hydrogen) atoms. The molecule has 0 aliphatic carbocycles. The molecule has 0 aliphatic heterocycles. The fourth-order valence-electron chi connectivity index (χ4n) is 3.17. The number of thioether (sulfide) groups is 1. The minimum Gasteiger partial charge on any atom is -0.475 e. The first-order chi connectivity index (χ1) is 18.3. The fraction of sp³-hybridized carbons (Fsp3) is 0.217. The maximum absolute atomic E-state index is 12.6. The summed E-state index contributed by atoms with van der Waals surface area (Å²) in [5.74, 6) is -3.37. The van der Waals surface area contributed by atoms with Gasteiger partial charge < -0.3 is 20.9 Å². The van der Waals surface area contributed by atoms with Crippen molar-refractivity contribution >= 4 is 40.1 Å². The van der Waals surface area contributed by atoms with Crippen molar-refractivity contribution in [3.05, 3.63) is 65.9 Å². The van der Waals surface area contributed by atoms with Crippen LogP contribution in [0, 0.1) is 0 Å². The number of aromatic nitrogens is 3. The first kappa shape index (κ1) is 29.5. The van der Waals surface area contributed by atoms with E-state index in [1.165, 1.54) is 30.0 Å². The second kappa shape index (κ2) is 12.2. The molecule has 0 aliphatic rings. The number of nitrogens with two attached hydrogens (primary N) is 1. The molecular weight excluding hydrogens is 556 g/mol. The molecule has 16 heteroatoms. The van der Waals surface area contributed by atoms with Crippen LogP contribution in [-0.2, 0) is 11.3 Å². The highest BCUT2D eigenvalue weighted by atomic mass is 32.2. The summed E-state index contributed by atoms with van der Waals surface area (Å²) in [5.41, 5.74) is 7.53. The molecule has 2 heterocycles. The van der Waals surface area contributed by atoms with Crippen LogP contribution in [0.2, 0.25) is 0 Å². The molecule has 9 nitrogen and oxygen atoms in total. The van der Waals surface area contributed by atoms with Gasteiger partial charge in [-0.1, -0.05) is 42.1 Å². The number of fused-ring (bicyclic) bond motifs is 3. The lowest BCUT2D eigenvalue weighted by Crippen LogP contribution is -2.25. The third kappa shape index (κ3) is 7.97. The number of carbonyl (C=O) groups excluding carboxylic acids is 1. The van der Waals surface area contributed by atoms with Crippen molar-refractivity contribution in [3.63, 3.8) is 0 Å². The number of carboxylic acids is 1. The summed E-state index contributed by atoms with van der Waals surface area (Å²) < 4.78 is 75.3. The van der Waals surface area contributed by atoms with E-state index in [9.17, 15) is 31.1 Å². The molecule has 0 unspecified atom stereocenters. The number of amides is 1. The Kier molecular flexibility index (Phi) is 9.24. The summed E-state index contributed by atoms with van der Waals surface area (Å²) in [6, 6.07) is 14.6. The van der Waals surface area contributed by atoms with E-state index in [-0.39, 0.29) is 12.1 Å². The number of benzene rings is 2. The number of nitrogens with zero attached hydrogens (tertiary/aromatic N) is 3. The molecule has 0 spiro atoms. The Bertz CT molecular complexity index is 1480. The Labute approximate surface area is 219 Å². The molecule has 0 fully saturated rings. The van der Waals surface area contributed by atoms with Gasteiger partial charge in [-0.05, 0) is 24.3 Å². The molecule has 1 amide bonds. The summed E-state index contributed by atoms with van der Waals surface area (Å²) in [5, 5.41) is 15.8. The summed E-state index contributed by atoms with van der Waals surface area (Å²) >= 11 is 1.46. The molecule has 2 aromatic carbocycles. The number of nitrogens with one attached hydrogen (secondary N) is 1. The van der Waals surface area contributed by atoms with Gasteiger partial charge >= 0.3 is 18.5 Å². The Morgan fingerprint density at radius 1 is 1.05 bits per heavy atom. The van der Waals surface area contributed by atoms with Crippen LogP contribution in [0.15, 0.2) is 59.8 Å². The average molecular weight is 575 g/mol. The van der Waals surface area contributed by atoms with Crippen molar-refractivity contribution in [1.82, 2.24) is 19.9 Å². The number of para-hydroxylation sites is 2. The lowest BCUT2D eigenvalue weighted by molar-refractivity contribution is -0.274. The fourth-order valence-corrected chi connectivity index (χ4v) is 3.89. The molecule has 0 radical (unpaired) electrons.